The van der Waals surface area contributed by atoms with Crippen LogP contribution >= 0.6 is 0 Å². The van der Waals surface area contributed by atoms with Crippen LogP contribution in [0, 0.1) is 10.1 Å². The number of amides is 1. The molecule has 1 N–H and O–H groups in total. The van der Waals surface area contributed by atoms with Crippen LogP contribution in [0.5, 0.6) is 0 Å². The Hall–Kier alpha value is -4.05. The first-order valence-corrected chi connectivity index (χ1v) is 10.9. The lowest BCUT2D eigenvalue weighted by atomic mass is 10.2. The van der Waals surface area contributed by atoms with E-state index in [9.17, 15) is 28.1 Å². The molecule has 3 rings (SSSR count). The van der Waals surface area contributed by atoms with Gasteiger partial charge < -0.3 is 10.1 Å². The maximum absolute atomic E-state index is 13.1. The van der Waals surface area contributed by atoms with Crippen molar-refractivity contribution in [1.29, 1.82) is 0 Å². The second kappa shape index (κ2) is 9.40. The molecule has 10 heteroatoms. The molecule has 0 atom stereocenters. The van der Waals surface area contributed by atoms with E-state index in [1.54, 1.807) is 6.92 Å². The molecule has 0 fully saturated rings. The van der Waals surface area contributed by atoms with Gasteiger partial charge in [0, 0.05) is 17.8 Å². The lowest BCUT2D eigenvalue weighted by Crippen LogP contribution is -2.16. The molecule has 0 spiro atoms. The number of esters is 1. The molecular weight excluding hydrogens is 436 g/mol. The Morgan fingerprint density at radius 2 is 1.59 bits per heavy atom. The summed E-state index contributed by atoms with van der Waals surface area (Å²) < 4.78 is 31.0. The van der Waals surface area contributed by atoms with E-state index < -0.39 is 26.6 Å². The summed E-state index contributed by atoms with van der Waals surface area (Å²) >= 11 is 0. The van der Waals surface area contributed by atoms with Gasteiger partial charge in [-0.1, -0.05) is 12.1 Å². The molecule has 0 bridgehead atoms. The van der Waals surface area contributed by atoms with Gasteiger partial charge in [0.05, 0.1) is 32.4 Å². The summed E-state index contributed by atoms with van der Waals surface area (Å²) in [4.78, 5) is 34.3. The van der Waals surface area contributed by atoms with Crippen LogP contribution in [-0.4, -0.2) is 31.8 Å². The largest absolute Gasteiger partial charge is 0.462 e. The molecule has 3 aromatic carbocycles. The quantitative estimate of drug-likeness (QED) is 0.326. The van der Waals surface area contributed by atoms with E-state index in [1.807, 2.05) is 0 Å². The number of sulfone groups is 1. The highest BCUT2D eigenvalue weighted by Crippen LogP contribution is 2.26. The Morgan fingerprint density at radius 1 is 0.969 bits per heavy atom. The number of ether oxygens (including phenoxy) is 1. The molecule has 0 saturated carbocycles. The van der Waals surface area contributed by atoms with Gasteiger partial charge >= 0.3 is 5.97 Å². The van der Waals surface area contributed by atoms with Crippen LogP contribution in [0.3, 0.4) is 0 Å². The minimum Gasteiger partial charge on any atom is -0.462 e. The second-order valence-corrected chi connectivity index (χ2v) is 8.42. The van der Waals surface area contributed by atoms with E-state index in [1.165, 1.54) is 48.5 Å². The number of non-ortho nitro benzene ring substituents is 1. The van der Waals surface area contributed by atoms with E-state index in [0.29, 0.717) is 11.3 Å². The summed E-state index contributed by atoms with van der Waals surface area (Å²) in [5, 5.41) is 13.4. The van der Waals surface area contributed by atoms with Crippen LogP contribution < -0.4 is 5.32 Å². The van der Waals surface area contributed by atoms with Gasteiger partial charge in [-0.2, -0.15) is 0 Å². The van der Waals surface area contributed by atoms with Crippen molar-refractivity contribution >= 4 is 33.1 Å². The third kappa shape index (κ3) is 4.81. The van der Waals surface area contributed by atoms with Crippen molar-refractivity contribution in [2.75, 3.05) is 11.9 Å². The van der Waals surface area contributed by atoms with Crippen LogP contribution in [0.25, 0.3) is 0 Å². The van der Waals surface area contributed by atoms with Crippen LogP contribution in [0.1, 0.15) is 27.6 Å². The Morgan fingerprint density at radius 3 is 2.19 bits per heavy atom. The summed E-state index contributed by atoms with van der Waals surface area (Å²) in [6, 6.07) is 16.0. The van der Waals surface area contributed by atoms with Crippen LogP contribution in [-0.2, 0) is 14.6 Å². The summed E-state index contributed by atoms with van der Waals surface area (Å²) in [7, 11) is -4.12. The van der Waals surface area contributed by atoms with Crippen molar-refractivity contribution in [2.24, 2.45) is 0 Å². The highest BCUT2D eigenvalue weighted by molar-refractivity contribution is 7.91. The molecule has 0 aromatic heterocycles. The zero-order valence-electron chi connectivity index (χ0n) is 16.8. The highest BCUT2D eigenvalue weighted by Gasteiger charge is 2.25. The molecule has 3 aromatic rings. The number of benzene rings is 3. The molecule has 0 saturated heterocycles. The van der Waals surface area contributed by atoms with Crippen molar-refractivity contribution in [3.63, 3.8) is 0 Å². The molecule has 9 nitrogen and oxygen atoms in total. The Balaban J connectivity index is 1.88. The van der Waals surface area contributed by atoms with E-state index in [2.05, 4.69) is 5.32 Å². The lowest BCUT2D eigenvalue weighted by Gasteiger charge is -2.11. The minimum absolute atomic E-state index is 0.0969. The van der Waals surface area contributed by atoms with Gasteiger partial charge in [0.25, 0.3) is 11.6 Å². The summed E-state index contributed by atoms with van der Waals surface area (Å²) in [5.74, 6) is -1.17. The number of anilines is 1. The number of nitro benzene ring substituents is 1. The number of nitro groups is 1. The lowest BCUT2D eigenvalue weighted by molar-refractivity contribution is -0.384. The van der Waals surface area contributed by atoms with Crippen LogP contribution in [0.4, 0.5) is 11.4 Å². The molecule has 0 radical (unpaired) electrons. The van der Waals surface area contributed by atoms with Crippen LogP contribution in [0.2, 0.25) is 0 Å². The molecule has 0 unspecified atom stereocenters. The smallest absolute Gasteiger partial charge is 0.338 e. The number of hydrogen-bond donors (Lipinski definition) is 1. The molecule has 0 aliphatic carbocycles. The van der Waals surface area contributed by atoms with E-state index in [4.69, 9.17) is 4.74 Å². The fraction of sp³-hybridized carbons (Fsp3) is 0.0909. The van der Waals surface area contributed by atoms with E-state index in [-0.39, 0.29) is 27.6 Å². The zero-order valence-corrected chi connectivity index (χ0v) is 17.7. The first kappa shape index (κ1) is 22.6. The Bertz CT molecular complexity index is 1270. The average Bonchev–Trinajstić information content (AvgIpc) is 2.79. The number of rotatable bonds is 7. The topological polar surface area (TPSA) is 133 Å². The molecule has 164 valence electrons. The summed E-state index contributed by atoms with van der Waals surface area (Å²) in [6.45, 7) is 1.92. The second-order valence-electron chi connectivity index (χ2n) is 6.50. The average molecular weight is 454 g/mol. The number of hydrogen-bond acceptors (Lipinski definition) is 7. The number of carbonyl (C=O) groups is 2. The zero-order chi connectivity index (χ0) is 23.3. The molecule has 0 aliphatic heterocycles. The van der Waals surface area contributed by atoms with Crippen molar-refractivity contribution < 1.29 is 27.7 Å². The van der Waals surface area contributed by atoms with Crippen molar-refractivity contribution in [2.45, 2.75) is 16.7 Å². The van der Waals surface area contributed by atoms with Crippen molar-refractivity contribution in [1.82, 2.24) is 0 Å². The third-order valence-electron chi connectivity index (χ3n) is 4.43. The minimum atomic E-state index is -4.12. The molecule has 32 heavy (non-hydrogen) atoms. The first-order valence-electron chi connectivity index (χ1n) is 9.41. The normalized spacial score (nSPS) is 10.9. The van der Waals surface area contributed by atoms with Gasteiger partial charge in [-0.3, -0.25) is 14.9 Å². The van der Waals surface area contributed by atoms with Gasteiger partial charge in [-0.25, -0.2) is 13.2 Å². The van der Waals surface area contributed by atoms with Gasteiger partial charge in [0.15, 0.2) is 0 Å². The number of nitrogens with one attached hydrogen (secondary N) is 1. The van der Waals surface area contributed by atoms with Crippen molar-refractivity contribution in [3.05, 3.63) is 94.0 Å². The van der Waals surface area contributed by atoms with E-state index in [0.717, 1.165) is 24.3 Å². The van der Waals surface area contributed by atoms with Gasteiger partial charge in [-0.05, 0) is 55.5 Å². The molecular formula is C22H18N2O7S. The third-order valence-corrected chi connectivity index (χ3v) is 6.26. The fourth-order valence-electron chi connectivity index (χ4n) is 2.87. The number of carbonyl (C=O) groups excluding carboxylic acids is 2. The van der Waals surface area contributed by atoms with Gasteiger partial charge in [0.2, 0.25) is 9.84 Å². The predicted molar refractivity (Wildman–Crippen MR) is 115 cm³/mol. The summed E-state index contributed by atoms with van der Waals surface area (Å²) in [5.41, 5.74) is 0.318. The Labute approximate surface area is 183 Å². The molecule has 0 aliphatic rings. The Kier molecular flexibility index (Phi) is 6.64. The maximum Gasteiger partial charge on any atom is 0.338 e. The fourth-order valence-corrected chi connectivity index (χ4v) is 4.32. The maximum atomic E-state index is 13.1. The standard InChI is InChI=1S/C22H18N2O7S/c1-2-31-22(26)15-7-9-16(10-8-15)23-21(25)19-5-3-4-6-20(19)32(29,30)18-13-11-17(12-14-18)24(27)28/h3-14H,2H2,1H3,(H,23,25). The van der Waals surface area contributed by atoms with Gasteiger partial charge in [-0.15, -0.1) is 0 Å². The molecule has 0 heterocycles. The monoisotopic (exact) mass is 454 g/mol. The number of nitrogens with zero attached hydrogens (tertiary/aromatic N) is 1. The molecule has 1 amide bonds. The first-order chi connectivity index (χ1) is 15.2. The highest BCUT2D eigenvalue weighted by atomic mass is 32.2. The van der Waals surface area contributed by atoms with Crippen LogP contribution in [0.15, 0.2) is 82.6 Å². The summed E-state index contributed by atoms with van der Waals surface area (Å²) in [6.07, 6.45) is 0. The van der Waals surface area contributed by atoms with Gasteiger partial charge in [0.1, 0.15) is 0 Å². The SMILES string of the molecule is CCOC(=O)c1ccc(NC(=O)c2ccccc2S(=O)(=O)c2ccc([N+](=O)[O-])cc2)cc1. The van der Waals surface area contributed by atoms with E-state index >= 15 is 0 Å². The van der Waals surface area contributed by atoms with Crippen molar-refractivity contribution in [3.8, 4) is 0 Å². The predicted octanol–water partition coefficient (Wildman–Crippen LogP) is 3.86.